The summed E-state index contributed by atoms with van der Waals surface area (Å²) in [5.41, 5.74) is 0.0392. The maximum absolute atomic E-state index is 10.8. The van der Waals surface area contributed by atoms with E-state index in [4.69, 9.17) is 9.47 Å². The number of non-ortho nitro benzene ring substituents is 1. The molecule has 0 heterocycles. The van der Waals surface area contributed by atoms with E-state index in [1.54, 1.807) is 13.2 Å². The van der Waals surface area contributed by atoms with Gasteiger partial charge in [0.15, 0.2) is 0 Å². The summed E-state index contributed by atoms with van der Waals surface area (Å²) in [4.78, 5) is 10.4. The van der Waals surface area contributed by atoms with Gasteiger partial charge in [-0.2, -0.15) is 0 Å². The third kappa shape index (κ3) is 3.67. The highest BCUT2D eigenvalue weighted by molar-refractivity contribution is 9.10. The minimum absolute atomic E-state index is 0.0392. The number of benzene rings is 1. The van der Waals surface area contributed by atoms with Gasteiger partial charge >= 0.3 is 0 Å². The predicted octanol–water partition coefficient (Wildman–Crippen LogP) is 3.69. The summed E-state index contributed by atoms with van der Waals surface area (Å²) in [5.74, 6) is 0.524. The van der Waals surface area contributed by atoms with Gasteiger partial charge in [0.25, 0.3) is 5.69 Å². The Morgan fingerprint density at radius 2 is 2.11 bits per heavy atom. The standard InChI is InChI=1S/C13H16BrNO4/c1-18-10-3-2-4-11(8-10)19-13-7-9(15(16)17)5-6-12(13)14/h5-7,10-11H,2-4,8H2,1H3. The Bertz CT molecular complexity index is 466. The van der Waals surface area contributed by atoms with Gasteiger partial charge in [-0.15, -0.1) is 0 Å². The fraction of sp³-hybridized carbons (Fsp3) is 0.538. The van der Waals surface area contributed by atoms with Crippen LogP contribution in [0.2, 0.25) is 0 Å². The van der Waals surface area contributed by atoms with Crippen LogP contribution in [0, 0.1) is 10.1 Å². The van der Waals surface area contributed by atoms with Crippen LogP contribution in [0.3, 0.4) is 0 Å². The van der Waals surface area contributed by atoms with Crippen LogP contribution in [0.5, 0.6) is 5.75 Å². The SMILES string of the molecule is COC1CCCC(Oc2cc([N+](=O)[O-])ccc2Br)C1. The zero-order chi connectivity index (χ0) is 13.8. The van der Waals surface area contributed by atoms with Crippen LogP contribution in [-0.2, 0) is 4.74 Å². The van der Waals surface area contributed by atoms with Crippen LogP contribution in [-0.4, -0.2) is 24.2 Å². The summed E-state index contributed by atoms with van der Waals surface area (Å²) in [6.07, 6.45) is 4.15. The summed E-state index contributed by atoms with van der Waals surface area (Å²) in [6.45, 7) is 0. The van der Waals surface area contributed by atoms with E-state index in [-0.39, 0.29) is 17.9 Å². The molecule has 0 aliphatic heterocycles. The van der Waals surface area contributed by atoms with Gasteiger partial charge in [-0.25, -0.2) is 0 Å². The van der Waals surface area contributed by atoms with Gasteiger partial charge in [0.1, 0.15) is 11.9 Å². The molecule has 0 N–H and O–H groups in total. The Morgan fingerprint density at radius 3 is 2.79 bits per heavy atom. The molecule has 6 heteroatoms. The first-order valence-corrected chi connectivity index (χ1v) is 7.03. The van der Waals surface area contributed by atoms with E-state index in [1.807, 2.05) is 0 Å². The van der Waals surface area contributed by atoms with E-state index < -0.39 is 4.92 Å². The second-order valence-corrected chi connectivity index (χ2v) is 5.49. The fourth-order valence-corrected chi connectivity index (χ4v) is 2.64. The van der Waals surface area contributed by atoms with Crippen LogP contribution >= 0.6 is 15.9 Å². The predicted molar refractivity (Wildman–Crippen MR) is 74.5 cm³/mol. The molecule has 1 fully saturated rings. The lowest BCUT2D eigenvalue weighted by molar-refractivity contribution is -0.385. The Hall–Kier alpha value is -1.14. The molecule has 5 nitrogen and oxygen atoms in total. The largest absolute Gasteiger partial charge is 0.489 e. The summed E-state index contributed by atoms with van der Waals surface area (Å²) in [6, 6.07) is 4.56. The van der Waals surface area contributed by atoms with E-state index >= 15 is 0 Å². The Kier molecular flexibility index (Phi) is 4.76. The monoisotopic (exact) mass is 329 g/mol. The number of nitro groups is 1. The highest BCUT2D eigenvalue weighted by Gasteiger charge is 2.24. The van der Waals surface area contributed by atoms with Crippen LogP contribution < -0.4 is 4.74 Å². The average molecular weight is 330 g/mol. The second kappa shape index (κ2) is 6.34. The molecule has 1 aromatic carbocycles. The van der Waals surface area contributed by atoms with Crippen molar-refractivity contribution in [3.63, 3.8) is 0 Å². The molecule has 0 spiro atoms. The number of methoxy groups -OCH3 is 1. The van der Waals surface area contributed by atoms with Gasteiger partial charge in [0, 0.05) is 19.6 Å². The smallest absolute Gasteiger partial charge is 0.273 e. The molecule has 19 heavy (non-hydrogen) atoms. The van der Waals surface area contributed by atoms with Crippen molar-refractivity contribution < 1.29 is 14.4 Å². The molecule has 0 bridgehead atoms. The van der Waals surface area contributed by atoms with Crippen molar-refractivity contribution in [2.75, 3.05) is 7.11 Å². The number of halogens is 1. The zero-order valence-electron chi connectivity index (χ0n) is 10.7. The first kappa shape index (κ1) is 14.3. The van der Waals surface area contributed by atoms with E-state index in [2.05, 4.69) is 15.9 Å². The summed E-state index contributed by atoms with van der Waals surface area (Å²) in [7, 11) is 1.70. The highest BCUT2D eigenvalue weighted by atomic mass is 79.9. The van der Waals surface area contributed by atoms with Crippen molar-refractivity contribution in [2.24, 2.45) is 0 Å². The van der Waals surface area contributed by atoms with Crippen molar-refractivity contribution in [1.29, 1.82) is 0 Å². The minimum Gasteiger partial charge on any atom is -0.489 e. The van der Waals surface area contributed by atoms with Gasteiger partial charge in [0.2, 0.25) is 0 Å². The molecular formula is C13H16BrNO4. The number of nitro benzene ring substituents is 1. The molecule has 0 aromatic heterocycles. The quantitative estimate of drug-likeness (QED) is 0.624. The molecule has 1 saturated carbocycles. The van der Waals surface area contributed by atoms with Crippen molar-refractivity contribution in [1.82, 2.24) is 0 Å². The number of ether oxygens (including phenoxy) is 2. The normalized spacial score (nSPS) is 23.1. The van der Waals surface area contributed by atoms with Crippen molar-refractivity contribution in [2.45, 2.75) is 37.9 Å². The highest BCUT2D eigenvalue weighted by Crippen LogP contribution is 2.32. The van der Waals surface area contributed by atoms with E-state index in [9.17, 15) is 10.1 Å². The molecule has 2 rings (SSSR count). The summed E-state index contributed by atoms with van der Waals surface area (Å²) < 4.78 is 12.0. The van der Waals surface area contributed by atoms with Crippen molar-refractivity contribution in [3.05, 3.63) is 32.8 Å². The minimum atomic E-state index is -0.419. The van der Waals surface area contributed by atoms with E-state index in [0.717, 1.165) is 30.2 Å². The van der Waals surface area contributed by atoms with Gasteiger partial charge in [-0.05, 0) is 41.3 Å². The molecule has 1 aliphatic rings. The molecular weight excluding hydrogens is 314 g/mol. The van der Waals surface area contributed by atoms with Crippen LogP contribution in [0.4, 0.5) is 5.69 Å². The van der Waals surface area contributed by atoms with Gasteiger partial charge < -0.3 is 9.47 Å². The van der Waals surface area contributed by atoms with E-state index in [1.165, 1.54) is 12.1 Å². The lowest BCUT2D eigenvalue weighted by Crippen LogP contribution is -2.29. The maximum Gasteiger partial charge on any atom is 0.273 e. The number of rotatable bonds is 4. The lowest BCUT2D eigenvalue weighted by atomic mass is 9.95. The molecule has 104 valence electrons. The zero-order valence-corrected chi connectivity index (χ0v) is 12.3. The Morgan fingerprint density at radius 1 is 1.37 bits per heavy atom. The first-order chi connectivity index (χ1) is 9.10. The number of hydrogen-bond acceptors (Lipinski definition) is 4. The Balaban J connectivity index is 2.09. The van der Waals surface area contributed by atoms with Crippen LogP contribution in [0.25, 0.3) is 0 Å². The molecule has 2 unspecified atom stereocenters. The molecule has 0 radical (unpaired) electrons. The fourth-order valence-electron chi connectivity index (χ4n) is 2.30. The van der Waals surface area contributed by atoms with Crippen LogP contribution in [0.1, 0.15) is 25.7 Å². The summed E-state index contributed by atoms with van der Waals surface area (Å²) in [5, 5.41) is 10.8. The second-order valence-electron chi connectivity index (χ2n) is 4.64. The van der Waals surface area contributed by atoms with Crippen molar-refractivity contribution in [3.8, 4) is 5.75 Å². The third-order valence-electron chi connectivity index (χ3n) is 3.33. The Labute approximate surface area is 120 Å². The van der Waals surface area contributed by atoms with Crippen LogP contribution in [0.15, 0.2) is 22.7 Å². The average Bonchev–Trinajstić information content (AvgIpc) is 2.41. The van der Waals surface area contributed by atoms with Gasteiger partial charge in [-0.1, -0.05) is 0 Å². The maximum atomic E-state index is 10.8. The first-order valence-electron chi connectivity index (χ1n) is 6.23. The number of nitrogens with zero attached hydrogens (tertiary/aromatic N) is 1. The summed E-state index contributed by atoms with van der Waals surface area (Å²) >= 11 is 3.36. The molecule has 2 atom stereocenters. The molecule has 0 amide bonds. The third-order valence-corrected chi connectivity index (χ3v) is 3.99. The van der Waals surface area contributed by atoms with E-state index in [0.29, 0.717) is 5.75 Å². The lowest BCUT2D eigenvalue weighted by Gasteiger charge is -2.28. The van der Waals surface area contributed by atoms with Gasteiger partial charge in [-0.3, -0.25) is 10.1 Å². The molecule has 0 saturated heterocycles. The van der Waals surface area contributed by atoms with Crippen molar-refractivity contribution >= 4 is 21.6 Å². The topological polar surface area (TPSA) is 61.6 Å². The van der Waals surface area contributed by atoms with Gasteiger partial charge in [0.05, 0.1) is 21.6 Å². The molecule has 1 aromatic rings. The number of hydrogen-bond donors (Lipinski definition) is 0. The molecule has 1 aliphatic carbocycles.